The third-order valence-corrected chi connectivity index (χ3v) is 2.87. The molecule has 3 nitrogen and oxygen atoms in total. The van der Waals surface area contributed by atoms with Crippen molar-refractivity contribution in [3.8, 4) is 5.75 Å². The van der Waals surface area contributed by atoms with E-state index < -0.39 is 12.8 Å². The van der Waals surface area contributed by atoms with Crippen molar-refractivity contribution in [2.45, 2.75) is 25.6 Å². The molecule has 0 aliphatic heterocycles. The van der Waals surface area contributed by atoms with Gasteiger partial charge < -0.3 is 15.2 Å². The summed E-state index contributed by atoms with van der Waals surface area (Å²) in [5.41, 5.74) is 6.43. The molecule has 1 aromatic carbocycles. The Morgan fingerprint density at radius 1 is 1.24 bits per heavy atom. The van der Waals surface area contributed by atoms with E-state index >= 15 is 0 Å². The van der Waals surface area contributed by atoms with E-state index in [2.05, 4.69) is 4.74 Å². The molecule has 0 bridgehead atoms. The van der Waals surface area contributed by atoms with E-state index in [-0.39, 0.29) is 24.3 Å². The average Bonchev–Trinajstić information content (AvgIpc) is 2.29. The Hall–Kier alpha value is -0.690. The van der Waals surface area contributed by atoms with E-state index in [1.54, 1.807) is 6.07 Å². The minimum atomic E-state index is -4.35. The number of halogens is 5. The standard InChI is InChI=1S/C13H16Cl2F3NO2/c1-8(19)4-9-5-10(14)6-11(15)12(9)21-3-2-20-7-13(16,17)18/h5-6,8H,2-4,7,19H2,1H3. The summed E-state index contributed by atoms with van der Waals surface area (Å²) in [6.07, 6.45) is -3.86. The molecule has 0 spiro atoms. The van der Waals surface area contributed by atoms with Crippen LogP contribution >= 0.6 is 23.2 Å². The summed E-state index contributed by atoms with van der Waals surface area (Å²) in [7, 11) is 0. The van der Waals surface area contributed by atoms with Crippen molar-refractivity contribution in [2.24, 2.45) is 5.73 Å². The van der Waals surface area contributed by atoms with Crippen LogP contribution in [0.1, 0.15) is 12.5 Å². The topological polar surface area (TPSA) is 44.5 Å². The monoisotopic (exact) mass is 345 g/mol. The molecular formula is C13H16Cl2F3NO2. The van der Waals surface area contributed by atoms with Crippen molar-refractivity contribution < 1.29 is 22.6 Å². The Morgan fingerprint density at radius 3 is 2.48 bits per heavy atom. The molecular weight excluding hydrogens is 330 g/mol. The molecule has 0 radical (unpaired) electrons. The molecule has 1 atom stereocenters. The summed E-state index contributed by atoms with van der Waals surface area (Å²) in [5, 5.41) is 0.727. The van der Waals surface area contributed by atoms with Gasteiger partial charge in [-0.05, 0) is 31.0 Å². The molecule has 0 aromatic heterocycles. The smallest absolute Gasteiger partial charge is 0.411 e. The molecule has 0 amide bonds. The maximum Gasteiger partial charge on any atom is 0.411 e. The highest BCUT2D eigenvalue weighted by molar-refractivity contribution is 6.35. The lowest BCUT2D eigenvalue weighted by Gasteiger charge is -2.15. The van der Waals surface area contributed by atoms with Crippen LogP contribution < -0.4 is 10.5 Å². The number of alkyl halides is 3. The second-order valence-corrected chi connectivity index (χ2v) is 5.42. The number of rotatable bonds is 7. The molecule has 8 heteroatoms. The normalized spacial score (nSPS) is 13.3. The van der Waals surface area contributed by atoms with Gasteiger partial charge in [0.2, 0.25) is 0 Å². The van der Waals surface area contributed by atoms with E-state index in [1.807, 2.05) is 6.92 Å². The minimum Gasteiger partial charge on any atom is -0.489 e. The van der Waals surface area contributed by atoms with Gasteiger partial charge in [0.25, 0.3) is 0 Å². The van der Waals surface area contributed by atoms with Crippen LogP contribution in [-0.4, -0.2) is 32.0 Å². The molecule has 120 valence electrons. The number of nitrogens with two attached hydrogens (primary N) is 1. The predicted molar refractivity (Wildman–Crippen MR) is 76.2 cm³/mol. The fourth-order valence-electron chi connectivity index (χ4n) is 1.66. The predicted octanol–water partition coefficient (Wildman–Crippen LogP) is 3.84. The van der Waals surface area contributed by atoms with Crippen LogP contribution in [0.15, 0.2) is 12.1 Å². The Labute approximate surface area is 131 Å². The lowest BCUT2D eigenvalue weighted by molar-refractivity contribution is -0.175. The third-order valence-electron chi connectivity index (χ3n) is 2.37. The molecule has 0 aliphatic rings. The zero-order chi connectivity index (χ0) is 16.0. The number of ether oxygens (including phenoxy) is 2. The molecule has 0 saturated heterocycles. The van der Waals surface area contributed by atoms with E-state index in [0.29, 0.717) is 22.8 Å². The first-order chi connectivity index (χ1) is 9.69. The van der Waals surface area contributed by atoms with Crippen molar-refractivity contribution in [1.82, 2.24) is 0 Å². The maximum absolute atomic E-state index is 11.9. The molecule has 2 N–H and O–H groups in total. The van der Waals surface area contributed by atoms with Crippen molar-refractivity contribution in [1.29, 1.82) is 0 Å². The first-order valence-electron chi connectivity index (χ1n) is 6.20. The van der Waals surface area contributed by atoms with Gasteiger partial charge in [0.1, 0.15) is 19.0 Å². The minimum absolute atomic E-state index is 0.0522. The molecule has 1 unspecified atom stereocenters. The molecule has 0 fully saturated rings. The summed E-state index contributed by atoms with van der Waals surface area (Å²) in [6.45, 7) is 0.252. The maximum atomic E-state index is 11.9. The van der Waals surface area contributed by atoms with Gasteiger partial charge in [-0.2, -0.15) is 13.2 Å². The van der Waals surface area contributed by atoms with Gasteiger partial charge in [0.05, 0.1) is 11.6 Å². The fourth-order valence-corrected chi connectivity index (χ4v) is 2.25. The van der Waals surface area contributed by atoms with Gasteiger partial charge in [-0.3, -0.25) is 0 Å². The largest absolute Gasteiger partial charge is 0.489 e. The fraction of sp³-hybridized carbons (Fsp3) is 0.538. The summed E-state index contributed by atoms with van der Waals surface area (Å²) in [4.78, 5) is 0. The van der Waals surface area contributed by atoms with Crippen LogP contribution in [0, 0.1) is 0 Å². The lowest BCUT2D eigenvalue weighted by atomic mass is 10.1. The number of benzene rings is 1. The highest BCUT2D eigenvalue weighted by atomic mass is 35.5. The van der Waals surface area contributed by atoms with Crippen LogP contribution in [0.3, 0.4) is 0 Å². The molecule has 0 saturated carbocycles. The first-order valence-corrected chi connectivity index (χ1v) is 6.95. The van der Waals surface area contributed by atoms with Crippen molar-refractivity contribution in [3.63, 3.8) is 0 Å². The Bertz CT molecular complexity index is 467. The van der Waals surface area contributed by atoms with Gasteiger partial charge in [0.15, 0.2) is 0 Å². The van der Waals surface area contributed by atoms with Crippen LogP contribution in [0.4, 0.5) is 13.2 Å². The van der Waals surface area contributed by atoms with Crippen LogP contribution in [0.2, 0.25) is 10.0 Å². The first kappa shape index (κ1) is 18.4. The molecule has 1 aromatic rings. The Balaban J connectivity index is 2.61. The van der Waals surface area contributed by atoms with Crippen molar-refractivity contribution in [2.75, 3.05) is 19.8 Å². The second-order valence-electron chi connectivity index (χ2n) is 4.57. The van der Waals surface area contributed by atoms with Crippen LogP contribution in [0.25, 0.3) is 0 Å². The SMILES string of the molecule is CC(N)Cc1cc(Cl)cc(Cl)c1OCCOCC(F)(F)F. The third kappa shape index (κ3) is 7.22. The zero-order valence-corrected chi connectivity index (χ0v) is 12.9. The highest BCUT2D eigenvalue weighted by Crippen LogP contribution is 2.33. The number of hydrogen-bond acceptors (Lipinski definition) is 3. The van der Waals surface area contributed by atoms with Crippen molar-refractivity contribution in [3.05, 3.63) is 27.7 Å². The zero-order valence-electron chi connectivity index (χ0n) is 11.3. The van der Waals surface area contributed by atoms with Crippen molar-refractivity contribution >= 4 is 23.2 Å². The van der Waals surface area contributed by atoms with Crippen LogP contribution in [-0.2, 0) is 11.2 Å². The Morgan fingerprint density at radius 2 is 1.90 bits per heavy atom. The molecule has 1 rings (SSSR count). The second kappa shape index (κ2) is 8.08. The molecule has 0 heterocycles. The van der Waals surface area contributed by atoms with E-state index in [4.69, 9.17) is 33.7 Å². The quantitative estimate of drug-likeness (QED) is 0.763. The summed E-state index contributed by atoms with van der Waals surface area (Å²) < 4.78 is 45.6. The van der Waals surface area contributed by atoms with Gasteiger partial charge in [0, 0.05) is 11.1 Å². The van der Waals surface area contributed by atoms with E-state index in [0.717, 1.165) is 0 Å². The average molecular weight is 346 g/mol. The molecule has 0 aliphatic carbocycles. The van der Waals surface area contributed by atoms with Crippen LogP contribution in [0.5, 0.6) is 5.75 Å². The van der Waals surface area contributed by atoms with Gasteiger partial charge in [-0.1, -0.05) is 23.2 Å². The number of hydrogen-bond donors (Lipinski definition) is 1. The molecule has 21 heavy (non-hydrogen) atoms. The van der Waals surface area contributed by atoms with E-state index in [9.17, 15) is 13.2 Å². The highest BCUT2D eigenvalue weighted by Gasteiger charge is 2.27. The summed E-state index contributed by atoms with van der Waals surface area (Å²) in [5.74, 6) is 0.369. The van der Waals surface area contributed by atoms with E-state index in [1.165, 1.54) is 6.07 Å². The van der Waals surface area contributed by atoms with Gasteiger partial charge >= 0.3 is 6.18 Å². The van der Waals surface area contributed by atoms with Gasteiger partial charge in [-0.25, -0.2) is 0 Å². The van der Waals surface area contributed by atoms with Gasteiger partial charge in [-0.15, -0.1) is 0 Å². The summed E-state index contributed by atoms with van der Waals surface area (Å²) >= 11 is 11.9. The summed E-state index contributed by atoms with van der Waals surface area (Å²) in [6, 6.07) is 3.03. The lowest BCUT2D eigenvalue weighted by Crippen LogP contribution is -2.20. The Kier molecular flexibility index (Phi) is 7.06.